The molecule has 1 saturated heterocycles. The van der Waals surface area contributed by atoms with Crippen LogP contribution in [0.2, 0.25) is 0 Å². The van der Waals surface area contributed by atoms with E-state index >= 15 is 0 Å². The van der Waals surface area contributed by atoms with Crippen LogP contribution in [0.1, 0.15) is 152 Å². The lowest BCUT2D eigenvalue weighted by atomic mass is 9.83. The van der Waals surface area contributed by atoms with Gasteiger partial charge in [-0.05, 0) is 12.3 Å². The van der Waals surface area contributed by atoms with Gasteiger partial charge < -0.3 is 52.5 Å². The van der Waals surface area contributed by atoms with Gasteiger partial charge in [0.25, 0.3) is 0 Å². The van der Waals surface area contributed by atoms with Gasteiger partial charge in [0.15, 0.2) is 55.1 Å². The molecule has 1 aliphatic heterocycles. The monoisotopic (exact) mass is 902 g/mol. The van der Waals surface area contributed by atoms with Gasteiger partial charge in [-0.3, -0.25) is 38.4 Å². The Morgan fingerprint density at radius 3 is 1.19 bits per heavy atom. The van der Waals surface area contributed by atoms with Gasteiger partial charge >= 0.3 is 47.8 Å². The number of rotatable bonds is 26. The lowest BCUT2D eigenvalue weighted by molar-refractivity contribution is -0.343. The van der Waals surface area contributed by atoms with E-state index in [9.17, 15) is 43.5 Å². The smallest absolute Gasteiger partial charge is 0.306 e. The molecule has 0 radical (unpaired) electrons. The highest BCUT2D eigenvalue weighted by Gasteiger charge is 2.62. The van der Waals surface area contributed by atoms with E-state index in [-0.39, 0.29) is 6.42 Å². The van der Waals surface area contributed by atoms with Crippen LogP contribution in [0.25, 0.3) is 0 Å². The largest absolute Gasteiger partial charge is 0.456 e. The molecule has 1 N–H and O–H groups in total. The summed E-state index contributed by atoms with van der Waals surface area (Å²) in [6.45, 7) is 10.7. The van der Waals surface area contributed by atoms with E-state index in [1.54, 1.807) is 0 Å². The minimum atomic E-state index is -1.93. The van der Waals surface area contributed by atoms with E-state index in [4.69, 9.17) is 47.4 Å². The Labute approximate surface area is 370 Å². The predicted octanol–water partition coefficient (Wildman–Crippen LogP) is 4.65. The van der Waals surface area contributed by atoms with Crippen LogP contribution in [0.3, 0.4) is 0 Å². The van der Waals surface area contributed by atoms with Crippen molar-refractivity contribution in [1.29, 1.82) is 0 Å². The van der Waals surface area contributed by atoms with Crippen molar-refractivity contribution in [1.82, 2.24) is 0 Å². The van der Waals surface area contributed by atoms with Gasteiger partial charge in [0, 0.05) is 54.9 Å². The summed E-state index contributed by atoms with van der Waals surface area (Å²) in [6.07, 6.45) is -5.62. The predicted molar refractivity (Wildman–Crippen MR) is 219 cm³/mol. The van der Waals surface area contributed by atoms with Gasteiger partial charge in [0.05, 0.1) is 6.61 Å². The Balaban J connectivity index is 2.51. The lowest BCUT2D eigenvalue weighted by Crippen LogP contribution is -2.70. The van der Waals surface area contributed by atoms with Crippen molar-refractivity contribution in [3.8, 4) is 0 Å². The first-order valence-electron chi connectivity index (χ1n) is 22.1. The highest BCUT2D eigenvalue weighted by molar-refractivity contribution is 5.71. The van der Waals surface area contributed by atoms with E-state index in [0.29, 0.717) is 18.8 Å². The number of unbranched alkanes of at least 4 members (excludes halogenated alkanes) is 9. The maximum absolute atomic E-state index is 13.7. The highest BCUT2D eigenvalue weighted by atomic mass is 16.8. The highest BCUT2D eigenvalue weighted by Crippen LogP contribution is 2.38. The van der Waals surface area contributed by atoms with E-state index in [1.807, 2.05) is 0 Å². The van der Waals surface area contributed by atoms with Gasteiger partial charge in [-0.2, -0.15) is 0 Å². The molecule has 1 saturated carbocycles. The number of carbonyl (C=O) groups excluding carboxylic acids is 8. The summed E-state index contributed by atoms with van der Waals surface area (Å²) < 4.78 is 56.9. The Bertz CT molecular complexity index is 1500. The SMILES string of the molecule is CCCCCCCCC(C)CCCCCCCC(=O)O[C@@H]1[C@H](OC(C)=O)[C@@H](OC(C)=O)[C@H](OC(C)=O)[C@@H](OC(C)=O)[C@@H]1O[C@@H]1O[C@H](CO)[C@@H](OC(C)=O)[C@H](OC(C)=O)[C@@H]1OC(C)=O. The third kappa shape index (κ3) is 19.5. The van der Waals surface area contributed by atoms with Gasteiger partial charge in [-0.25, -0.2) is 0 Å². The third-order valence-electron chi connectivity index (χ3n) is 10.5. The van der Waals surface area contributed by atoms with E-state index < -0.39 is 122 Å². The molecule has 12 atom stereocenters. The first-order valence-corrected chi connectivity index (χ1v) is 22.1. The Hall–Kier alpha value is -4.36. The molecule has 1 unspecified atom stereocenters. The number of aliphatic hydroxyl groups excluding tert-OH is 1. The number of hydrogen-bond acceptors (Lipinski definition) is 19. The van der Waals surface area contributed by atoms with Crippen molar-refractivity contribution >= 4 is 47.8 Å². The van der Waals surface area contributed by atoms with E-state index in [1.165, 1.54) is 44.9 Å². The molecule has 2 aliphatic rings. The minimum Gasteiger partial charge on any atom is -0.456 e. The molecule has 63 heavy (non-hydrogen) atoms. The van der Waals surface area contributed by atoms with Crippen LogP contribution >= 0.6 is 0 Å². The third-order valence-corrected chi connectivity index (χ3v) is 10.5. The molecule has 0 amide bonds. The fourth-order valence-corrected chi connectivity index (χ4v) is 7.90. The van der Waals surface area contributed by atoms with Gasteiger partial charge in [0.1, 0.15) is 12.2 Å². The fourth-order valence-electron chi connectivity index (χ4n) is 7.90. The molecular weight excluding hydrogens is 832 g/mol. The van der Waals surface area contributed by atoms with Crippen LogP contribution in [0.15, 0.2) is 0 Å². The average Bonchev–Trinajstić information content (AvgIpc) is 3.17. The summed E-state index contributed by atoms with van der Waals surface area (Å²) in [5, 5.41) is 10.4. The molecule has 0 bridgehead atoms. The minimum absolute atomic E-state index is 0.130. The second kappa shape index (κ2) is 28.4. The van der Waals surface area contributed by atoms with E-state index in [2.05, 4.69) is 13.8 Å². The Morgan fingerprint density at radius 1 is 0.444 bits per heavy atom. The van der Waals surface area contributed by atoms with Crippen LogP contribution in [0.5, 0.6) is 0 Å². The molecule has 0 aromatic rings. The summed E-state index contributed by atoms with van der Waals surface area (Å²) in [5.74, 6) is -6.83. The molecule has 0 aromatic heterocycles. The van der Waals surface area contributed by atoms with E-state index in [0.717, 1.165) is 74.1 Å². The first-order chi connectivity index (χ1) is 29.8. The second-order valence-electron chi connectivity index (χ2n) is 16.3. The molecule has 0 spiro atoms. The molecular formula is C44H70O19. The number of ether oxygens (including phenoxy) is 10. The zero-order valence-electron chi connectivity index (χ0n) is 38.3. The molecule has 2 rings (SSSR count). The zero-order chi connectivity index (χ0) is 47.2. The van der Waals surface area contributed by atoms with Crippen molar-refractivity contribution in [3.63, 3.8) is 0 Å². The summed E-state index contributed by atoms with van der Waals surface area (Å²) in [6, 6.07) is 0. The van der Waals surface area contributed by atoms with Crippen molar-refractivity contribution in [3.05, 3.63) is 0 Å². The standard InChI is InChI=1S/C44H70O19/c1-10-11-12-13-15-18-21-25(2)22-19-16-14-17-20-23-34(53)62-41-39(58-30(7)50)37(56-28(5)48)38(57-29(6)49)40(59-31(8)51)42(41)63-44-43(60-32(9)52)36(55-27(4)47)35(54-26(3)46)33(24-45)61-44/h25,33,35-45H,10-24H2,1-9H3/t25?,33-,35-,36+,37+,38+,39-,40-,41-,42+,43+,44+/m1/s1. The van der Waals surface area contributed by atoms with Crippen molar-refractivity contribution in [2.45, 2.75) is 220 Å². The topological polar surface area (TPSA) is 249 Å². The number of carbonyl (C=O) groups is 8. The van der Waals surface area contributed by atoms with Gasteiger partial charge in [0.2, 0.25) is 0 Å². The maximum atomic E-state index is 13.7. The average molecular weight is 903 g/mol. The van der Waals surface area contributed by atoms with Crippen LogP contribution in [-0.2, 0) is 85.7 Å². The zero-order valence-corrected chi connectivity index (χ0v) is 38.3. The molecule has 19 nitrogen and oxygen atoms in total. The molecule has 2 fully saturated rings. The van der Waals surface area contributed by atoms with Gasteiger partial charge in [-0.1, -0.05) is 90.9 Å². The summed E-state index contributed by atoms with van der Waals surface area (Å²) in [5.41, 5.74) is 0. The molecule has 1 aliphatic carbocycles. The fraction of sp³-hybridized carbons (Fsp3) is 0.818. The summed E-state index contributed by atoms with van der Waals surface area (Å²) in [7, 11) is 0. The number of esters is 8. The normalized spacial score (nSPS) is 27.2. The molecule has 0 aromatic carbocycles. The quantitative estimate of drug-likeness (QED) is 0.0704. The van der Waals surface area contributed by atoms with Crippen molar-refractivity contribution in [2.75, 3.05) is 6.61 Å². The Kier molecular flexibility index (Phi) is 24.7. The summed E-state index contributed by atoms with van der Waals surface area (Å²) in [4.78, 5) is 101. The maximum Gasteiger partial charge on any atom is 0.306 e. The van der Waals surface area contributed by atoms with Crippen molar-refractivity contribution < 1.29 is 90.8 Å². The summed E-state index contributed by atoms with van der Waals surface area (Å²) >= 11 is 0. The Morgan fingerprint density at radius 2 is 0.778 bits per heavy atom. The van der Waals surface area contributed by atoms with Crippen LogP contribution in [-0.4, -0.2) is 127 Å². The second-order valence-corrected chi connectivity index (χ2v) is 16.3. The lowest BCUT2D eigenvalue weighted by Gasteiger charge is -2.50. The number of aliphatic hydroxyl groups is 1. The van der Waals surface area contributed by atoms with Crippen LogP contribution < -0.4 is 0 Å². The molecule has 360 valence electrons. The van der Waals surface area contributed by atoms with Crippen LogP contribution in [0.4, 0.5) is 0 Å². The molecule has 1 heterocycles. The van der Waals surface area contributed by atoms with Crippen molar-refractivity contribution in [2.24, 2.45) is 5.92 Å². The first kappa shape index (κ1) is 54.8. The number of hydrogen-bond donors (Lipinski definition) is 1. The molecule has 19 heteroatoms. The van der Waals surface area contributed by atoms with Crippen LogP contribution in [0, 0.1) is 5.92 Å². The van der Waals surface area contributed by atoms with Gasteiger partial charge in [-0.15, -0.1) is 0 Å².